The first-order chi connectivity index (χ1) is 11.0. The number of rotatable bonds is 5. The molecule has 0 aliphatic rings. The fourth-order valence-corrected chi connectivity index (χ4v) is 1.84. The minimum Gasteiger partial charge on any atom is -0.333 e. The molecule has 0 spiro atoms. The topological polar surface area (TPSA) is 75.2 Å². The van der Waals surface area contributed by atoms with E-state index in [0.29, 0.717) is 11.5 Å². The second kappa shape index (κ2) is 7.84. The number of aryl methyl sites for hydroxylation is 1. The highest BCUT2D eigenvalue weighted by atomic mass is 16.2. The summed E-state index contributed by atoms with van der Waals surface area (Å²) in [4.78, 5) is 33.4. The molecule has 2 aromatic heterocycles. The van der Waals surface area contributed by atoms with Gasteiger partial charge in [0.1, 0.15) is 5.82 Å². The summed E-state index contributed by atoms with van der Waals surface area (Å²) in [6.07, 6.45) is 6.27. The highest BCUT2D eigenvalue weighted by Gasteiger charge is 2.11. The Hall–Kier alpha value is -3.02. The van der Waals surface area contributed by atoms with Crippen LogP contribution in [0.1, 0.15) is 11.3 Å². The van der Waals surface area contributed by atoms with Crippen LogP contribution in [0.4, 0.5) is 5.82 Å². The monoisotopic (exact) mass is 310 g/mol. The van der Waals surface area contributed by atoms with E-state index >= 15 is 0 Å². The molecule has 0 saturated carbocycles. The van der Waals surface area contributed by atoms with Gasteiger partial charge >= 0.3 is 0 Å². The van der Waals surface area contributed by atoms with Gasteiger partial charge in [-0.25, -0.2) is 4.98 Å². The van der Waals surface area contributed by atoms with Gasteiger partial charge in [-0.3, -0.25) is 14.6 Å². The summed E-state index contributed by atoms with van der Waals surface area (Å²) in [7, 11) is 1.56. The van der Waals surface area contributed by atoms with Gasteiger partial charge in [-0.15, -0.1) is 0 Å². The van der Waals surface area contributed by atoms with Crippen molar-refractivity contribution in [2.24, 2.45) is 0 Å². The first-order valence-corrected chi connectivity index (χ1v) is 7.11. The fraction of sp³-hybridized carbons (Fsp3) is 0.176. The quantitative estimate of drug-likeness (QED) is 0.856. The molecule has 0 fully saturated rings. The minimum absolute atomic E-state index is 0.0546. The van der Waals surface area contributed by atoms with Crippen molar-refractivity contribution in [2.75, 3.05) is 18.9 Å². The molecule has 0 aliphatic heterocycles. The molecule has 2 heterocycles. The Morgan fingerprint density at radius 3 is 2.74 bits per heavy atom. The van der Waals surface area contributed by atoms with Gasteiger partial charge in [0, 0.05) is 25.5 Å². The van der Waals surface area contributed by atoms with Crippen molar-refractivity contribution >= 4 is 23.7 Å². The van der Waals surface area contributed by atoms with Crippen LogP contribution in [-0.4, -0.2) is 40.3 Å². The van der Waals surface area contributed by atoms with Gasteiger partial charge < -0.3 is 10.2 Å². The Bertz CT molecular complexity index is 714. The van der Waals surface area contributed by atoms with E-state index in [2.05, 4.69) is 15.3 Å². The van der Waals surface area contributed by atoms with Crippen molar-refractivity contribution in [3.05, 3.63) is 60.1 Å². The predicted molar refractivity (Wildman–Crippen MR) is 88.5 cm³/mol. The number of aromatic nitrogens is 2. The van der Waals surface area contributed by atoms with Gasteiger partial charge in [0.15, 0.2) is 0 Å². The van der Waals surface area contributed by atoms with Gasteiger partial charge in [0.2, 0.25) is 11.8 Å². The third-order valence-electron chi connectivity index (χ3n) is 3.02. The molecule has 0 aromatic carbocycles. The predicted octanol–water partition coefficient (Wildman–Crippen LogP) is 1.90. The minimum atomic E-state index is -0.301. The van der Waals surface area contributed by atoms with Crippen molar-refractivity contribution in [3.8, 4) is 0 Å². The van der Waals surface area contributed by atoms with E-state index in [1.165, 1.54) is 11.0 Å². The van der Waals surface area contributed by atoms with Gasteiger partial charge in [0.25, 0.3) is 0 Å². The largest absolute Gasteiger partial charge is 0.333 e. The van der Waals surface area contributed by atoms with Gasteiger partial charge in [-0.1, -0.05) is 6.07 Å². The molecule has 0 radical (unpaired) electrons. The van der Waals surface area contributed by atoms with Gasteiger partial charge in [-0.2, -0.15) is 0 Å². The molecule has 0 aliphatic carbocycles. The summed E-state index contributed by atoms with van der Waals surface area (Å²) in [5.41, 5.74) is 1.68. The molecule has 6 heteroatoms. The molecule has 0 bridgehead atoms. The summed E-state index contributed by atoms with van der Waals surface area (Å²) in [6, 6.07) is 9.03. The molecule has 2 amide bonds. The number of carbonyl (C=O) groups excluding carboxylic acids is 2. The summed E-state index contributed by atoms with van der Waals surface area (Å²) in [5.74, 6) is -0.104. The van der Waals surface area contributed by atoms with E-state index < -0.39 is 0 Å². The van der Waals surface area contributed by atoms with Crippen LogP contribution in [0.15, 0.2) is 48.8 Å². The average molecular weight is 310 g/mol. The second-order valence-electron chi connectivity index (χ2n) is 5.05. The van der Waals surface area contributed by atoms with Crippen molar-refractivity contribution in [1.29, 1.82) is 0 Å². The SMILES string of the molecule is Cc1ccnc(NC(=O)CN(C)C(=O)C=Cc2ccccn2)c1. The molecular weight excluding hydrogens is 292 g/mol. The lowest BCUT2D eigenvalue weighted by atomic mass is 10.3. The maximum atomic E-state index is 12.0. The standard InChI is InChI=1S/C17H18N4O2/c1-13-8-10-19-15(11-13)20-16(22)12-21(2)17(23)7-6-14-5-3-4-9-18-14/h3-11H,12H2,1-2H3,(H,19,20,22). The molecule has 0 unspecified atom stereocenters. The molecule has 2 aromatic rings. The zero-order chi connectivity index (χ0) is 16.7. The number of nitrogens with zero attached hydrogens (tertiary/aromatic N) is 3. The molecule has 0 saturated heterocycles. The lowest BCUT2D eigenvalue weighted by molar-refractivity contribution is -0.129. The Balaban J connectivity index is 1.88. The van der Waals surface area contributed by atoms with Crippen molar-refractivity contribution in [3.63, 3.8) is 0 Å². The van der Waals surface area contributed by atoms with Crippen LogP contribution in [0.5, 0.6) is 0 Å². The fourth-order valence-electron chi connectivity index (χ4n) is 1.84. The Kier molecular flexibility index (Phi) is 5.57. The van der Waals surface area contributed by atoms with E-state index in [1.807, 2.05) is 19.1 Å². The summed E-state index contributed by atoms with van der Waals surface area (Å²) in [6.45, 7) is 1.86. The van der Waals surface area contributed by atoms with Gasteiger partial charge in [-0.05, 0) is 42.8 Å². The second-order valence-corrected chi connectivity index (χ2v) is 5.05. The number of pyridine rings is 2. The van der Waals surface area contributed by atoms with Crippen LogP contribution in [0.2, 0.25) is 0 Å². The molecular formula is C17H18N4O2. The van der Waals surface area contributed by atoms with Crippen LogP contribution in [0.3, 0.4) is 0 Å². The zero-order valence-electron chi connectivity index (χ0n) is 13.1. The number of amides is 2. The number of hydrogen-bond acceptors (Lipinski definition) is 4. The van der Waals surface area contributed by atoms with Crippen molar-refractivity contribution < 1.29 is 9.59 Å². The summed E-state index contributed by atoms with van der Waals surface area (Å²) >= 11 is 0. The molecule has 23 heavy (non-hydrogen) atoms. The summed E-state index contributed by atoms with van der Waals surface area (Å²) < 4.78 is 0. The highest BCUT2D eigenvalue weighted by molar-refractivity contribution is 5.97. The van der Waals surface area contributed by atoms with Crippen LogP contribution >= 0.6 is 0 Å². The molecule has 6 nitrogen and oxygen atoms in total. The molecule has 2 rings (SSSR count). The number of nitrogens with one attached hydrogen (secondary N) is 1. The van der Waals surface area contributed by atoms with Crippen molar-refractivity contribution in [2.45, 2.75) is 6.92 Å². The maximum absolute atomic E-state index is 12.0. The molecule has 0 atom stereocenters. The first-order valence-electron chi connectivity index (χ1n) is 7.11. The van der Waals surface area contributed by atoms with E-state index in [-0.39, 0.29) is 18.4 Å². The van der Waals surface area contributed by atoms with Crippen LogP contribution < -0.4 is 5.32 Å². The molecule has 118 valence electrons. The van der Waals surface area contributed by atoms with Crippen LogP contribution in [0.25, 0.3) is 6.08 Å². The Labute approximate surface area is 134 Å². The Morgan fingerprint density at radius 2 is 2.04 bits per heavy atom. The van der Waals surface area contributed by atoms with Crippen molar-refractivity contribution in [1.82, 2.24) is 14.9 Å². The first kappa shape index (κ1) is 16.4. The van der Waals surface area contributed by atoms with Crippen LogP contribution in [0, 0.1) is 6.92 Å². The van der Waals surface area contributed by atoms with E-state index in [0.717, 1.165) is 5.56 Å². The molecule has 1 N–H and O–H groups in total. The average Bonchev–Trinajstić information content (AvgIpc) is 2.53. The normalized spacial score (nSPS) is 10.5. The van der Waals surface area contributed by atoms with E-state index in [9.17, 15) is 9.59 Å². The van der Waals surface area contributed by atoms with E-state index in [1.54, 1.807) is 43.7 Å². The third-order valence-corrected chi connectivity index (χ3v) is 3.02. The highest BCUT2D eigenvalue weighted by Crippen LogP contribution is 2.05. The number of hydrogen-bond donors (Lipinski definition) is 1. The van der Waals surface area contributed by atoms with Crippen LogP contribution in [-0.2, 0) is 9.59 Å². The number of likely N-dealkylation sites (N-methyl/N-ethyl adjacent to an activating group) is 1. The van der Waals surface area contributed by atoms with E-state index in [4.69, 9.17) is 0 Å². The lowest BCUT2D eigenvalue weighted by Crippen LogP contribution is -2.34. The smallest absolute Gasteiger partial charge is 0.246 e. The Morgan fingerprint density at radius 1 is 1.22 bits per heavy atom. The number of carbonyl (C=O) groups is 2. The summed E-state index contributed by atoms with van der Waals surface area (Å²) in [5, 5.41) is 2.66. The number of anilines is 1. The maximum Gasteiger partial charge on any atom is 0.246 e. The lowest BCUT2D eigenvalue weighted by Gasteiger charge is -2.14. The zero-order valence-corrected chi connectivity index (χ0v) is 13.1. The van der Waals surface area contributed by atoms with Gasteiger partial charge in [0.05, 0.1) is 12.2 Å². The third kappa shape index (κ3) is 5.35.